The molecule has 0 radical (unpaired) electrons. The number of likely N-dealkylation sites (N-methyl/N-ethyl adjacent to an activating group) is 1. The van der Waals surface area contributed by atoms with E-state index in [0.29, 0.717) is 41.7 Å². The van der Waals surface area contributed by atoms with Crippen LogP contribution in [0.1, 0.15) is 33.0 Å². The molecule has 1 amide bonds. The summed E-state index contributed by atoms with van der Waals surface area (Å²) in [7, 11) is 3.49. The van der Waals surface area contributed by atoms with E-state index in [2.05, 4.69) is 34.3 Å². The van der Waals surface area contributed by atoms with Gasteiger partial charge in [-0.05, 0) is 60.6 Å². The zero-order valence-corrected chi connectivity index (χ0v) is 22.7. The largest absolute Gasteiger partial charge is 0.486 e. The van der Waals surface area contributed by atoms with Crippen LogP contribution < -0.4 is 14.8 Å². The Morgan fingerprint density at radius 2 is 1.68 bits per heavy atom. The number of amides is 1. The number of aliphatic imine (C=N–C) groups is 1. The van der Waals surface area contributed by atoms with Crippen LogP contribution in [0.15, 0.2) is 65.7 Å². The van der Waals surface area contributed by atoms with E-state index >= 15 is 0 Å². The summed E-state index contributed by atoms with van der Waals surface area (Å²) in [6.07, 6.45) is 0. The number of carbonyl (C=O) groups is 2. The number of nitrogens with one attached hydrogen (secondary N) is 1. The number of hydrogen-bond acceptors (Lipinski definition) is 8. The molecule has 1 atom stereocenters. The zero-order valence-electron chi connectivity index (χ0n) is 22.7. The summed E-state index contributed by atoms with van der Waals surface area (Å²) in [6.45, 7) is 6.11. The van der Waals surface area contributed by atoms with Gasteiger partial charge in [-0.3, -0.25) is 14.7 Å². The van der Waals surface area contributed by atoms with Gasteiger partial charge in [0.25, 0.3) is 0 Å². The van der Waals surface area contributed by atoms with Crippen LogP contribution in [0.5, 0.6) is 11.5 Å². The molecule has 0 aliphatic carbocycles. The fourth-order valence-electron chi connectivity index (χ4n) is 5.36. The summed E-state index contributed by atoms with van der Waals surface area (Å²) in [4.78, 5) is 35.3. The van der Waals surface area contributed by atoms with E-state index in [4.69, 9.17) is 19.2 Å². The number of methoxy groups -OCH3 is 1. The molecule has 40 heavy (non-hydrogen) atoms. The molecule has 0 bridgehead atoms. The molecular weight excluding hydrogens is 508 g/mol. The third-order valence-electron chi connectivity index (χ3n) is 7.60. The minimum atomic E-state index is -0.672. The molecule has 1 N–H and O–H groups in total. The summed E-state index contributed by atoms with van der Waals surface area (Å²) in [6, 6.07) is 18.9. The van der Waals surface area contributed by atoms with E-state index in [0.717, 1.165) is 49.5 Å². The Bertz CT molecular complexity index is 1460. The van der Waals surface area contributed by atoms with Crippen molar-refractivity contribution in [3.05, 3.63) is 82.9 Å². The highest BCUT2D eigenvalue weighted by molar-refractivity contribution is 6.24. The van der Waals surface area contributed by atoms with E-state index in [9.17, 15) is 9.59 Å². The Balaban J connectivity index is 1.35. The molecule has 206 valence electrons. The smallest absolute Gasteiger partial charge is 0.337 e. The lowest BCUT2D eigenvalue weighted by Gasteiger charge is -2.32. The summed E-state index contributed by atoms with van der Waals surface area (Å²) >= 11 is 0. The van der Waals surface area contributed by atoms with Crippen molar-refractivity contribution in [3.63, 3.8) is 0 Å². The van der Waals surface area contributed by atoms with Gasteiger partial charge >= 0.3 is 5.97 Å². The van der Waals surface area contributed by atoms with Gasteiger partial charge in [0.15, 0.2) is 11.5 Å². The van der Waals surface area contributed by atoms with Crippen LogP contribution in [-0.2, 0) is 16.1 Å². The van der Waals surface area contributed by atoms with Gasteiger partial charge in [0.1, 0.15) is 19.1 Å². The van der Waals surface area contributed by atoms with Gasteiger partial charge in [0.05, 0.1) is 24.1 Å². The summed E-state index contributed by atoms with van der Waals surface area (Å²) in [5.74, 6) is -0.0512. The molecule has 3 aliphatic heterocycles. The average Bonchev–Trinajstić information content (AvgIpc) is 3.31. The molecule has 0 spiro atoms. The lowest BCUT2D eigenvalue weighted by atomic mass is 9.90. The molecule has 1 unspecified atom stereocenters. The van der Waals surface area contributed by atoms with Gasteiger partial charge in [-0.1, -0.05) is 18.2 Å². The lowest BCUT2D eigenvalue weighted by Crippen LogP contribution is -2.43. The van der Waals surface area contributed by atoms with Crippen molar-refractivity contribution < 1.29 is 23.8 Å². The molecule has 3 aromatic rings. The summed E-state index contributed by atoms with van der Waals surface area (Å²) in [5, 5.41) is 2.93. The fraction of sp³-hybridized carbons (Fsp3) is 0.323. The van der Waals surface area contributed by atoms with E-state index in [-0.39, 0.29) is 5.91 Å². The highest BCUT2D eigenvalue weighted by atomic mass is 16.6. The SMILES string of the molecule is COC(=O)c1ccc2c(c1)NC(=O)C2C(=Nc1ccc(CN2CCN(C)CC2)cc1)c1ccc2c(c1)OCCO2. The molecule has 9 nitrogen and oxygen atoms in total. The third kappa shape index (κ3) is 5.30. The normalized spacial score (nSPS) is 19.2. The van der Waals surface area contributed by atoms with Crippen molar-refractivity contribution in [2.24, 2.45) is 4.99 Å². The monoisotopic (exact) mass is 540 g/mol. The van der Waals surface area contributed by atoms with E-state index < -0.39 is 11.9 Å². The first-order valence-corrected chi connectivity index (χ1v) is 13.5. The maximum Gasteiger partial charge on any atom is 0.337 e. The average molecular weight is 541 g/mol. The van der Waals surface area contributed by atoms with E-state index in [1.165, 1.54) is 12.7 Å². The molecule has 9 heteroatoms. The van der Waals surface area contributed by atoms with Crippen LogP contribution >= 0.6 is 0 Å². The number of ether oxygens (including phenoxy) is 3. The van der Waals surface area contributed by atoms with Gasteiger partial charge in [-0.15, -0.1) is 0 Å². The Labute approximate surface area is 233 Å². The van der Waals surface area contributed by atoms with Crippen molar-refractivity contribution in [3.8, 4) is 11.5 Å². The van der Waals surface area contributed by atoms with Gasteiger partial charge in [-0.2, -0.15) is 0 Å². The second-order valence-electron chi connectivity index (χ2n) is 10.3. The number of benzene rings is 3. The second kappa shape index (κ2) is 11.1. The first-order chi connectivity index (χ1) is 19.5. The topological polar surface area (TPSA) is 92.7 Å². The van der Waals surface area contributed by atoms with Crippen LogP contribution in [0.4, 0.5) is 11.4 Å². The highest BCUT2D eigenvalue weighted by Gasteiger charge is 2.36. The number of esters is 1. The predicted octanol–water partition coefficient (Wildman–Crippen LogP) is 3.85. The van der Waals surface area contributed by atoms with Gasteiger partial charge in [0, 0.05) is 44.0 Å². The van der Waals surface area contributed by atoms with Gasteiger partial charge < -0.3 is 24.4 Å². The molecular formula is C31H32N4O5. The first kappa shape index (κ1) is 26.0. The van der Waals surface area contributed by atoms with E-state index in [1.807, 2.05) is 30.3 Å². The Hall–Kier alpha value is -4.21. The van der Waals surface area contributed by atoms with Gasteiger partial charge in [0.2, 0.25) is 5.91 Å². The molecule has 3 heterocycles. The third-order valence-corrected chi connectivity index (χ3v) is 7.60. The van der Waals surface area contributed by atoms with Crippen LogP contribution in [0.25, 0.3) is 0 Å². The standard InChI is InChI=1S/C31H32N4O5/c1-34-11-13-35(14-12-34)19-20-3-7-23(8-4-20)32-29(21-6-10-26-27(18-21)40-16-15-39-26)28-24-9-5-22(31(37)38-2)17-25(24)33-30(28)36/h3-10,17-18,28H,11-16,19H2,1-2H3,(H,33,36). The predicted molar refractivity (Wildman–Crippen MR) is 152 cm³/mol. The molecule has 1 fully saturated rings. The molecule has 3 aliphatic rings. The maximum absolute atomic E-state index is 13.4. The van der Waals surface area contributed by atoms with Crippen LogP contribution in [0.2, 0.25) is 0 Å². The van der Waals surface area contributed by atoms with Gasteiger partial charge in [-0.25, -0.2) is 4.79 Å². The number of piperazine rings is 1. The van der Waals surface area contributed by atoms with Crippen LogP contribution in [0, 0.1) is 0 Å². The molecule has 6 rings (SSSR count). The highest BCUT2D eigenvalue weighted by Crippen LogP contribution is 2.39. The van der Waals surface area contributed by atoms with Crippen LogP contribution in [0.3, 0.4) is 0 Å². The molecule has 1 saturated heterocycles. The number of carbonyl (C=O) groups excluding carboxylic acids is 2. The minimum Gasteiger partial charge on any atom is -0.486 e. The molecule has 0 saturated carbocycles. The van der Waals surface area contributed by atoms with Crippen molar-refractivity contribution in [2.75, 3.05) is 58.9 Å². The second-order valence-corrected chi connectivity index (χ2v) is 10.3. The first-order valence-electron chi connectivity index (χ1n) is 13.5. The number of anilines is 1. The molecule has 0 aromatic heterocycles. The van der Waals surface area contributed by atoms with Crippen molar-refractivity contribution >= 4 is 29.0 Å². The Morgan fingerprint density at radius 1 is 0.950 bits per heavy atom. The zero-order chi connectivity index (χ0) is 27.6. The lowest BCUT2D eigenvalue weighted by molar-refractivity contribution is -0.115. The minimum absolute atomic E-state index is 0.211. The van der Waals surface area contributed by atoms with Crippen molar-refractivity contribution in [2.45, 2.75) is 12.5 Å². The van der Waals surface area contributed by atoms with E-state index in [1.54, 1.807) is 18.2 Å². The molecule has 3 aromatic carbocycles. The number of rotatable bonds is 6. The van der Waals surface area contributed by atoms with Crippen molar-refractivity contribution in [1.29, 1.82) is 0 Å². The maximum atomic E-state index is 13.4. The number of fused-ring (bicyclic) bond motifs is 2. The van der Waals surface area contributed by atoms with Crippen LogP contribution in [-0.4, -0.2) is 80.9 Å². The Morgan fingerprint density at radius 3 is 2.42 bits per heavy atom. The summed E-state index contributed by atoms with van der Waals surface area (Å²) < 4.78 is 16.4. The Kier molecular flexibility index (Phi) is 7.23. The number of hydrogen-bond donors (Lipinski definition) is 1. The van der Waals surface area contributed by atoms with Crippen molar-refractivity contribution in [1.82, 2.24) is 9.80 Å². The summed E-state index contributed by atoms with van der Waals surface area (Å²) in [5.41, 5.74) is 5.02. The quantitative estimate of drug-likeness (QED) is 0.375. The number of nitrogens with zero attached hydrogens (tertiary/aromatic N) is 3. The fourth-order valence-corrected chi connectivity index (χ4v) is 5.36.